The summed E-state index contributed by atoms with van der Waals surface area (Å²) < 4.78 is 39.7. The molecular formula is C25H20ClF3N4O2. The molecule has 3 aromatic rings. The zero-order valence-electron chi connectivity index (χ0n) is 18.4. The molecule has 0 saturated heterocycles. The minimum atomic E-state index is -4.41. The van der Waals surface area contributed by atoms with Crippen molar-refractivity contribution in [3.8, 4) is 12.3 Å². The summed E-state index contributed by atoms with van der Waals surface area (Å²) in [6.45, 7) is 0.555. The molecule has 2 heterocycles. The average molecular weight is 501 g/mol. The second-order valence-corrected chi connectivity index (χ2v) is 8.42. The molecule has 0 saturated carbocycles. The topological polar surface area (TPSA) is 67.2 Å². The van der Waals surface area contributed by atoms with Crippen LogP contribution in [-0.4, -0.2) is 26.9 Å². The number of fused-ring (bicyclic) bond motifs is 1. The number of benzene rings is 2. The highest BCUT2D eigenvalue weighted by molar-refractivity contribution is 6.30. The third kappa shape index (κ3) is 5.33. The van der Waals surface area contributed by atoms with Crippen LogP contribution >= 0.6 is 11.6 Å². The van der Waals surface area contributed by atoms with Gasteiger partial charge in [-0.2, -0.15) is 13.2 Å². The van der Waals surface area contributed by atoms with Crippen molar-refractivity contribution in [1.82, 2.24) is 14.5 Å². The number of carbonyl (C=O) groups excluding carboxylic acids is 1. The fourth-order valence-electron chi connectivity index (χ4n) is 3.83. The Morgan fingerprint density at radius 3 is 2.46 bits per heavy atom. The molecule has 1 aliphatic heterocycles. The van der Waals surface area contributed by atoms with E-state index >= 15 is 0 Å². The van der Waals surface area contributed by atoms with E-state index in [0.717, 1.165) is 12.1 Å². The Hall–Kier alpha value is -3.77. The number of rotatable bonds is 5. The Morgan fingerprint density at radius 1 is 1.14 bits per heavy atom. The summed E-state index contributed by atoms with van der Waals surface area (Å²) in [6, 6.07) is 11.2. The first-order valence-corrected chi connectivity index (χ1v) is 11.1. The predicted octanol–water partition coefficient (Wildman–Crippen LogP) is 4.36. The quantitative estimate of drug-likeness (QED) is 0.529. The lowest BCUT2D eigenvalue weighted by atomic mass is 10.1. The van der Waals surface area contributed by atoms with Gasteiger partial charge in [0.25, 0.3) is 11.5 Å². The van der Waals surface area contributed by atoms with Crippen LogP contribution in [0.15, 0.2) is 53.3 Å². The molecule has 0 atom stereocenters. The van der Waals surface area contributed by atoms with Crippen molar-refractivity contribution < 1.29 is 18.0 Å². The molecule has 1 amide bonds. The fourth-order valence-corrected chi connectivity index (χ4v) is 3.95. The van der Waals surface area contributed by atoms with Gasteiger partial charge in [0.1, 0.15) is 0 Å². The maximum absolute atomic E-state index is 13.2. The number of terminal acetylenes is 1. The molecule has 6 nitrogen and oxygen atoms in total. The lowest BCUT2D eigenvalue weighted by Gasteiger charge is -2.29. The Labute approximate surface area is 204 Å². The third-order valence-corrected chi connectivity index (χ3v) is 5.93. The van der Waals surface area contributed by atoms with E-state index in [1.165, 1.54) is 16.7 Å². The molecule has 0 radical (unpaired) electrons. The molecule has 1 N–H and O–H groups in total. The summed E-state index contributed by atoms with van der Waals surface area (Å²) in [4.78, 5) is 32.3. The fraction of sp³-hybridized carbons (Fsp3) is 0.240. The van der Waals surface area contributed by atoms with Crippen LogP contribution in [0.1, 0.15) is 32.7 Å². The van der Waals surface area contributed by atoms with Crippen molar-refractivity contribution >= 4 is 23.5 Å². The molecule has 0 unspecified atom stereocenters. The summed E-state index contributed by atoms with van der Waals surface area (Å²) in [6.07, 6.45) is 1.41. The maximum Gasteiger partial charge on any atom is 0.416 e. The van der Waals surface area contributed by atoms with E-state index in [4.69, 9.17) is 18.0 Å². The first-order chi connectivity index (χ1) is 16.7. The molecule has 1 aliphatic rings. The lowest BCUT2D eigenvalue weighted by Crippen LogP contribution is -2.41. The van der Waals surface area contributed by atoms with Crippen molar-refractivity contribution in [2.75, 3.05) is 11.9 Å². The highest BCUT2D eigenvalue weighted by atomic mass is 35.5. The standard InChI is InChI=1S/C25H20ClF3N4O2/c1-2-12-33-23(35)20-15-32(22(34)17-5-9-19(26)10-6-17)13-11-21(20)31-24(33)30-14-16-3-7-18(8-4-16)25(27,28)29/h1,3-10H,11-15H2,(H,30,31). The van der Waals surface area contributed by atoms with Crippen LogP contribution < -0.4 is 10.9 Å². The van der Waals surface area contributed by atoms with Crippen molar-refractivity contribution in [3.63, 3.8) is 0 Å². The molecule has 10 heteroatoms. The van der Waals surface area contributed by atoms with Gasteiger partial charge in [0, 0.05) is 30.1 Å². The van der Waals surface area contributed by atoms with Gasteiger partial charge in [-0.25, -0.2) is 4.98 Å². The van der Waals surface area contributed by atoms with Crippen LogP contribution in [0.25, 0.3) is 0 Å². The monoisotopic (exact) mass is 500 g/mol. The highest BCUT2D eigenvalue weighted by Gasteiger charge is 2.30. The number of hydrogen-bond donors (Lipinski definition) is 1. The smallest absolute Gasteiger partial charge is 0.351 e. The van der Waals surface area contributed by atoms with Gasteiger partial charge in [-0.15, -0.1) is 6.42 Å². The molecule has 2 aromatic carbocycles. The van der Waals surface area contributed by atoms with Gasteiger partial charge in [0.15, 0.2) is 0 Å². The number of nitrogens with zero attached hydrogens (tertiary/aromatic N) is 3. The van der Waals surface area contributed by atoms with E-state index < -0.39 is 11.7 Å². The van der Waals surface area contributed by atoms with Crippen LogP contribution in [-0.2, 0) is 32.2 Å². The molecule has 0 bridgehead atoms. The van der Waals surface area contributed by atoms with Crippen LogP contribution in [0.4, 0.5) is 19.1 Å². The van der Waals surface area contributed by atoms with Crippen molar-refractivity contribution in [1.29, 1.82) is 0 Å². The van der Waals surface area contributed by atoms with E-state index in [1.807, 2.05) is 0 Å². The average Bonchev–Trinajstić information content (AvgIpc) is 2.84. The summed E-state index contributed by atoms with van der Waals surface area (Å²) in [5.41, 5.74) is 0.875. The Bertz CT molecular complexity index is 1340. The largest absolute Gasteiger partial charge is 0.416 e. The van der Waals surface area contributed by atoms with E-state index in [9.17, 15) is 22.8 Å². The minimum Gasteiger partial charge on any atom is -0.351 e. The van der Waals surface area contributed by atoms with E-state index in [1.54, 1.807) is 29.2 Å². The van der Waals surface area contributed by atoms with E-state index in [0.29, 0.717) is 40.4 Å². The van der Waals surface area contributed by atoms with Crippen molar-refractivity contribution in [2.24, 2.45) is 0 Å². The maximum atomic E-state index is 13.2. The number of hydrogen-bond acceptors (Lipinski definition) is 4. The molecule has 35 heavy (non-hydrogen) atoms. The molecule has 0 fully saturated rings. The van der Waals surface area contributed by atoms with E-state index in [-0.39, 0.29) is 37.0 Å². The summed E-state index contributed by atoms with van der Waals surface area (Å²) in [7, 11) is 0. The second kappa shape index (κ2) is 9.84. The predicted molar refractivity (Wildman–Crippen MR) is 126 cm³/mol. The normalized spacial score (nSPS) is 13.2. The van der Waals surface area contributed by atoms with Crippen molar-refractivity contribution in [3.05, 3.63) is 91.9 Å². The van der Waals surface area contributed by atoms with Gasteiger partial charge in [0.05, 0.1) is 29.9 Å². The van der Waals surface area contributed by atoms with Crippen LogP contribution in [0, 0.1) is 12.3 Å². The first-order valence-electron chi connectivity index (χ1n) is 10.7. The van der Waals surface area contributed by atoms with Crippen LogP contribution in [0.2, 0.25) is 5.02 Å². The summed E-state index contributed by atoms with van der Waals surface area (Å²) >= 11 is 5.90. The second-order valence-electron chi connectivity index (χ2n) is 7.99. The van der Waals surface area contributed by atoms with Gasteiger partial charge in [-0.3, -0.25) is 14.2 Å². The van der Waals surface area contributed by atoms with Crippen molar-refractivity contribution in [2.45, 2.75) is 32.2 Å². The third-order valence-electron chi connectivity index (χ3n) is 5.68. The summed E-state index contributed by atoms with van der Waals surface area (Å²) in [5, 5.41) is 3.53. The van der Waals surface area contributed by atoms with Gasteiger partial charge < -0.3 is 10.2 Å². The lowest BCUT2D eigenvalue weighted by molar-refractivity contribution is -0.137. The Balaban J connectivity index is 1.56. The van der Waals surface area contributed by atoms with Crippen LogP contribution in [0.5, 0.6) is 0 Å². The molecule has 1 aromatic heterocycles. The summed E-state index contributed by atoms with van der Waals surface area (Å²) in [5.74, 6) is 2.43. The zero-order valence-corrected chi connectivity index (χ0v) is 19.2. The van der Waals surface area contributed by atoms with Gasteiger partial charge in [-0.05, 0) is 42.0 Å². The number of halogens is 4. The number of aromatic nitrogens is 2. The molecular weight excluding hydrogens is 481 g/mol. The number of alkyl halides is 3. The SMILES string of the molecule is C#CCn1c(NCc2ccc(C(F)(F)F)cc2)nc2c(c1=O)CN(C(=O)c1ccc(Cl)cc1)CC2. The molecule has 180 valence electrons. The molecule has 0 aliphatic carbocycles. The van der Waals surface area contributed by atoms with Gasteiger partial charge in [-0.1, -0.05) is 29.7 Å². The molecule has 4 rings (SSSR count). The molecule has 0 spiro atoms. The number of carbonyl (C=O) groups is 1. The highest BCUT2D eigenvalue weighted by Crippen LogP contribution is 2.29. The first kappa shape index (κ1) is 24.4. The van der Waals surface area contributed by atoms with Gasteiger partial charge >= 0.3 is 6.18 Å². The Morgan fingerprint density at radius 2 is 1.83 bits per heavy atom. The number of anilines is 1. The number of nitrogens with one attached hydrogen (secondary N) is 1. The van der Waals surface area contributed by atoms with E-state index in [2.05, 4.69) is 16.2 Å². The van der Waals surface area contributed by atoms with Gasteiger partial charge in [0.2, 0.25) is 5.95 Å². The minimum absolute atomic E-state index is 0.0560. The van der Waals surface area contributed by atoms with Crippen LogP contribution in [0.3, 0.4) is 0 Å². The zero-order chi connectivity index (χ0) is 25.2. The number of amides is 1. The Kier molecular flexibility index (Phi) is 6.85.